The van der Waals surface area contributed by atoms with Crippen LogP contribution in [0, 0.1) is 5.82 Å². The summed E-state index contributed by atoms with van der Waals surface area (Å²) in [7, 11) is -1.24. The van der Waals surface area contributed by atoms with E-state index in [-0.39, 0.29) is 17.6 Å². The highest BCUT2D eigenvalue weighted by atomic mass is 19.1. The van der Waals surface area contributed by atoms with E-state index in [2.05, 4.69) is 0 Å². The molecule has 13 heavy (non-hydrogen) atoms. The third-order valence-electron chi connectivity index (χ3n) is 2.07. The van der Waals surface area contributed by atoms with Crippen LogP contribution in [0.15, 0.2) is 12.1 Å². The van der Waals surface area contributed by atoms with Crippen molar-refractivity contribution in [2.75, 3.05) is 0 Å². The van der Waals surface area contributed by atoms with Crippen LogP contribution in [0.1, 0.15) is 15.9 Å². The van der Waals surface area contributed by atoms with Crippen molar-refractivity contribution in [3.8, 4) is 0 Å². The Bertz CT molecular complexity index is 367. The molecule has 3 nitrogen and oxygen atoms in total. The van der Waals surface area contributed by atoms with E-state index in [1.807, 2.05) is 0 Å². The maximum absolute atomic E-state index is 13.4. The van der Waals surface area contributed by atoms with Crippen molar-refractivity contribution in [1.82, 2.24) is 0 Å². The predicted molar refractivity (Wildman–Crippen MR) is 44.2 cm³/mol. The molecule has 0 radical (unpaired) electrons. The van der Waals surface area contributed by atoms with Gasteiger partial charge in [-0.2, -0.15) is 0 Å². The first-order valence-electron chi connectivity index (χ1n) is 3.80. The predicted octanol–water partition coefficient (Wildman–Crippen LogP) is -0.144. The largest absolute Gasteiger partial charge is 0.494 e. The topological polar surface area (TPSA) is 46.5 Å². The fourth-order valence-corrected chi connectivity index (χ4v) is 1.39. The van der Waals surface area contributed by atoms with Gasteiger partial charge in [-0.1, -0.05) is 6.07 Å². The second-order valence-electron chi connectivity index (χ2n) is 2.82. The van der Waals surface area contributed by atoms with Crippen molar-refractivity contribution in [3.63, 3.8) is 0 Å². The van der Waals surface area contributed by atoms with Gasteiger partial charge >= 0.3 is 7.12 Å². The number of hydrogen-bond donors (Lipinski definition) is 1. The Hall–Kier alpha value is -1.20. The molecule has 0 spiro atoms. The molecule has 0 aliphatic carbocycles. The number of benzene rings is 1. The SMILES string of the molecule is O=Cc1ccc2c(c1F)B(O)OC2. The summed E-state index contributed by atoms with van der Waals surface area (Å²) in [5.41, 5.74) is 0.628. The standard InChI is InChI=1S/C8H6BFO3/c10-8-5(3-11)1-2-6-4-13-9(12)7(6)8/h1-3,12H,4H2. The average molecular weight is 180 g/mol. The molecule has 1 aliphatic rings. The monoisotopic (exact) mass is 180 g/mol. The minimum absolute atomic E-state index is 0.0525. The summed E-state index contributed by atoms with van der Waals surface area (Å²) in [4.78, 5) is 10.4. The number of halogens is 1. The molecule has 0 fully saturated rings. The Balaban J connectivity index is 2.62. The van der Waals surface area contributed by atoms with Crippen molar-refractivity contribution in [2.24, 2.45) is 0 Å². The lowest BCUT2D eigenvalue weighted by molar-refractivity contribution is 0.112. The normalized spacial score (nSPS) is 14.5. The smallest absolute Gasteiger partial charge is 0.423 e. The van der Waals surface area contributed by atoms with E-state index < -0.39 is 12.9 Å². The first kappa shape index (κ1) is 8.41. The number of rotatable bonds is 1. The lowest BCUT2D eigenvalue weighted by Crippen LogP contribution is -2.31. The van der Waals surface area contributed by atoms with E-state index in [1.54, 1.807) is 6.07 Å². The Morgan fingerprint density at radius 2 is 2.38 bits per heavy atom. The molecule has 0 saturated heterocycles. The molecule has 1 aliphatic heterocycles. The van der Waals surface area contributed by atoms with Crippen LogP contribution in [0.4, 0.5) is 4.39 Å². The molecule has 0 saturated carbocycles. The third-order valence-corrected chi connectivity index (χ3v) is 2.07. The summed E-state index contributed by atoms with van der Waals surface area (Å²) >= 11 is 0. The van der Waals surface area contributed by atoms with Crippen LogP contribution in [0.5, 0.6) is 0 Å². The van der Waals surface area contributed by atoms with E-state index in [9.17, 15) is 14.2 Å². The minimum Gasteiger partial charge on any atom is -0.423 e. The summed E-state index contributed by atoms with van der Waals surface area (Å²) in [6.07, 6.45) is 0.417. The van der Waals surface area contributed by atoms with Gasteiger partial charge in [-0.25, -0.2) is 4.39 Å². The van der Waals surface area contributed by atoms with Gasteiger partial charge in [0.1, 0.15) is 5.82 Å². The van der Waals surface area contributed by atoms with Crippen LogP contribution in [0.2, 0.25) is 0 Å². The van der Waals surface area contributed by atoms with Crippen LogP contribution in [0.25, 0.3) is 0 Å². The van der Waals surface area contributed by atoms with Crippen molar-refractivity contribution in [1.29, 1.82) is 0 Å². The van der Waals surface area contributed by atoms with Crippen LogP contribution in [-0.4, -0.2) is 18.4 Å². The fourth-order valence-electron chi connectivity index (χ4n) is 1.39. The van der Waals surface area contributed by atoms with Gasteiger partial charge in [-0.05, 0) is 11.6 Å². The Labute approximate surface area is 74.3 Å². The highest BCUT2D eigenvalue weighted by Crippen LogP contribution is 2.14. The molecule has 5 heteroatoms. The van der Waals surface area contributed by atoms with Gasteiger partial charge in [0.2, 0.25) is 0 Å². The van der Waals surface area contributed by atoms with Gasteiger partial charge < -0.3 is 9.68 Å². The molecular weight excluding hydrogens is 174 g/mol. The molecule has 1 N–H and O–H groups in total. The summed E-state index contributed by atoms with van der Waals surface area (Å²) in [5.74, 6) is -0.683. The summed E-state index contributed by atoms with van der Waals surface area (Å²) in [6, 6.07) is 2.96. The van der Waals surface area contributed by atoms with Gasteiger partial charge in [0.15, 0.2) is 6.29 Å². The quantitative estimate of drug-likeness (QED) is 0.483. The number of carbonyl (C=O) groups excluding carboxylic acids is 1. The summed E-state index contributed by atoms with van der Waals surface area (Å²) in [5, 5.41) is 9.20. The van der Waals surface area contributed by atoms with Crippen LogP contribution in [0.3, 0.4) is 0 Å². The highest BCUT2D eigenvalue weighted by molar-refractivity contribution is 6.61. The fraction of sp³-hybridized carbons (Fsp3) is 0.125. The van der Waals surface area contributed by atoms with E-state index in [4.69, 9.17) is 4.65 Å². The second kappa shape index (κ2) is 2.94. The number of fused-ring (bicyclic) bond motifs is 1. The summed E-state index contributed by atoms with van der Waals surface area (Å²) < 4.78 is 18.2. The molecule has 1 aromatic rings. The Kier molecular flexibility index (Phi) is 1.90. The molecule has 1 aromatic carbocycles. The lowest BCUT2D eigenvalue weighted by Gasteiger charge is -2.01. The molecule has 0 atom stereocenters. The molecule has 1 heterocycles. The maximum Gasteiger partial charge on any atom is 0.494 e. The zero-order valence-electron chi connectivity index (χ0n) is 6.66. The third kappa shape index (κ3) is 1.17. The van der Waals surface area contributed by atoms with Gasteiger partial charge in [0.05, 0.1) is 6.61 Å². The first-order chi connectivity index (χ1) is 6.24. The maximum atomic E-state index is 13.4. The minimum atomic E-state index is -1.24. The van der Waals surface area contributed by atoms with Gasteiger partial charge in [-0.15, -0.1) is 0 Å². The highest BCUT2D eigenvalue weighted by Gasteiger charge is 2.31. The van der Waals surface area contributed by atoms with E-state index >= 15 is 0 Å². The second-order valence-corrected chi connectivity index (χ2v) is 2.82. The zero-order valence-corrected chi connectivity index (χ0v) is 6.66. The van der Waals surface area contributed by atoms with Gasteiger partial charge in [-0.3, -0.25) is 4.79 Å². The van der Waals surface area contributed by atoms with Crippen LogP contribution in [-0.2, 0) is 11.3 Å². The van der Waals surface area contributed by atoms with Crippen LogP contribution >= 0.6 is 0 Å². The number of carbonyl (C=O) groups is 1. The first-order valence-corrected chi connectivity index (χ1v) is 3.80. The zero-order chi connectivity index (χ0) is 9.42. The molecule has 0 amide bonds. The van der Waals surface area contributed by atoms with Crippen molar-refractivity contribution in [3.05, 3.63) is 29.1 Å². The van der Waals surface area contributed by atoms with Gasteiger partial charge in [0.25, 0.3) is 0 Å². The van der Waals surface area contributed by atoms with Gasteiger partial charge in [0, 0.05) is 11.0 Å². The molecule has 0 bridgehead atoms. The van der Waals surface area contributed by atoms with Crippen molar-refractivity contribution in [2.45, 2.75) is 6.61 Å². The number of aldehydes is 1. The molecule has 0 aromatic heterocycles. The molecule has 0 unspecified atom stereocenters. The van der Waals surface area contributed by atoms with E-state index in [1.165, 1.54) is 6.07 Å². The van der Waals surface area contributed by atoms with Crippen molar-refractivity contribution < 1.29 is 18.9 Å². The Morgan fingerprint density at radius 1 is 1.62 bits per heavy atom. The van der Waals surface area contributed by atoms with Crippen LogP contribution < -0.4 is 5.46 Å². The molecule has 66 valence electrons. The number of hydrogen-bond acceptors (Lipinski definition) is 3. The lowest BCUT2D eigenvalue weighted by atomic mass is 9.78. The summed E-state index contributed by atoms with van der Waals surface area (Å²) in [6.45, 7) is 0.187. The molecular formula is C8H6BFO3. The van der Waals surface area contributed by atoms with Crippen molar-refractivity contribution >= 4 is 18.9 Å². The molecule has 2 rings (SSSR count). The van der Waals surface area contributed by atoms with E-state index in [0.29, 0.717) is 11.8 Å². The van der Waals surface area contributed by atoms with E-state index in [0.717, 1.165) is 0 Å². The Morgan fingerprint density at radius 3 is 3.08 bits per heavy atom. The average Bonchev–Trinajstić information content (AvgIpc) is 2.49.